The van der Waals surface area contributed by atoms with Gasteiger partial charge in [0.1, 0.15) is 11.8 Å². The van der Waals surface area contributed by atoms with Gasteiger partial charge in [-0.25, -0.2) is 4.79 Å². The first-order valence-electron chi connectivity index (χ1n) is 8.69. The van der Waals surface area contributed by atoms with Crippen LogP contribution in [0.4, 0.5) is 0 Å². The third kappa shape index (κ3) is 5.92. The van der Waals surface area contributed by atoms with Gasteiger partial charge in [0.25, 0.3) is 5.91 Å². The third-order valence-corrected chi connectivity index (χ3v) is 3.89. The molecule has 0 aromatic heterocycles. The maximum atomic E-state index is 12.3. The predicted molar refractivity (Wildman–Crippen MR) is 100 cm³/mol. The van der Waals surface area contributed by atoms with E-state index < -0.39 is 12.0 Å². The fraction of sp³-hybridized carbons (Fsp3) is 0.333. The van der Waals surface area contributed by atoms with Crippen molar-refractivity contribution < 1.29 is 19.1 Å². The average molecular weight is 355 g/mol. The van der Waals surface area contributed by atoms with Crippen LogP contribution in [0.2, 0.25) is 0 Å². The summed E-state index contributed by atoms with van der Waals surface area (Å²) in [6, 6.07) is 14.6. The Hall–Kier alpha value is -2.82. The topological polar surface area (TPSA) is 64.6 Å². The molecule has 2 aromatic rings. The summed E-state index contributed by atoms with van der Waals surface area (Å²) in [4.78, 5) is 24.5. The summed E-state index contributed by atoms with van der Waals surface area (Å²) in [6.45, 7) is 5.73. The SMILES string of the molecule is CCOC(=O)C(Cc1ccccc1)NC(=O)COc1cc(C)ccc1C. The van der Waals surface area contributed by atoms with E-state index in [1.54, 1.807) is 6.92 Å². The molecule has 0 fully saturated rings. The van der Waals surface area contributed by atoms with Gasteiger partial charge in [-0.15, -0.1) is 0 Å². The molecule has 1 atom stereocenters. The maximum Gasteiger partial charge on any atom is 0.328 e. The lowest BCUT2D eigenvalue weighted by molar-refractivity contribution is -0.147. The number of hydrogen-bond donors (Lipinski definition) is 1. The molecule has 5 heteroatoms. The van der Waals surface area contributed by atoms with Gasteiger partial charge >= 0.3 is 5.97 Å². The van der Waals surface area contributed by atoms with Crippen molar-refractivity contribution in [1.82, 2.24) is 5.32 Å². The minimum Gasteiger partial charge on any atom is -0.483 e. The molecule has 2 aromatic carbocycles. The van der Waals surface area contributed by atoms with Crippen LogP contribution in [0.3, 0.4) is 0 Å². The predicted octanol–water partition coefficient (Wildman–Crippen LogP) is 2.97. The molecule has 5 nitrogen and oxygen atoms in total. The fourth-order valence-corrected chi connectivity index (χ4v) is 2.53. The van der Waals surface area contributed by atoms with Crippen LogP contribution in [-0.4, -0.2) is 31.1 Å². The summed E-state index contributed by atoms with van der Waals surface area (Å²) in [7, 11) is 0. The van der Waals surface area contributed by atoms with Gasteiger partial charge in [-0.2, -0.15) is 0 Å². The van der Waals surface area contributed by atoms with Gasteiger partial charge < -0.3 is 14.8 Å². The van der Waals surface area contributed by atoms with E-state index in [2.05, 4.69) is 5.32 Å². The number of carbonyl (C=O) groups is 2. The fourth-order valence-electron chi connectivity index (χ4n) is 2.53. The Balaban J connectivity index is 1.98. The monoisotopic (exact) mass is 355 g/mol. The molecule has 1 N–H and O–H groups in total. The second kappa shape index (κ2) is 9.61. The highest BCUT2D eigenvalue weighted by atomic mass is 16.5. The van der Waals surface area contributed by atoms with E-state index >= 15 is 0 Å². The molecule has 0 aliphatic carbocycles. The Labute approximate surface area is 154 Å². The number of esters is 1. The number of carbonyl (C=O) groups excluding carboxylic acids is 2. The largest absolute Gasteiger partial charge is 0.483 e. The number of nitrogens with one attached hydrogen (secondary N) is 1. The van der Waals surface area contributed by atoms with Crippen molar-refractivity contribution in [3.8, 4) is 5.75 Å². The van der Waals surface area contributed by atoms with E-state index in [0.717, 1.165) is 16.7 Å². The molecule has 1 unspecified atom stereocenters. The number of rotatable bonds is 8. The van der Waals surface area contributed by atoms with E-state index in [-0.39, 0.29) is 19.1 Å². The molecule has 0 spiro atoms. The van der Waals surface area contributed by atoms with Crippen molar-refractivity contribution >= 4 is 11.9 Å². The van der Waals surface area contributed by atoms with Crippen molar-refractivity contribution in [2.24, 2.45) is 0 Å². The molecular formula is C21H25NO4. The first kappa shape index (κ1) is 19.5. The summed E-state index contributed by atoms with van der Waals surface area (Å²) in [5.41, 5.74) is 2.95. The lowest BCUT2D eigenvalue weighted by Gasteiger charge is -2.18. The van der Waals surface area contributed by atoms with Crippen LogP contribution in [0, 0.1) is 13.8 Å². The minimum atomic E-state index is -0.743. The van der Waals surface area contributed by atoms with Crippen LogP contribution in [0.15, 0.2) is 48.5 Å². The first-order chi connectivity index (χ1) is 12.5. The molecule has 0 heterocycles. The van der Waals surface area contributed by atoms with E-state index in [1.807, 2.05) is 62.4 Å². The van der Waals surface area contributed by atoms with Crippen molar-refractivity contribution in [1.29, 1.82) is 0 Å². The van der Waals surface area contributed by atoms with Crippen molar-refractivity contribution in [3.63, 3.8) is 0 Å². The van der Waals surface area contributed by atoms with Gasteiger partial charge in [-0.3, -0.25) is 4.79 Å². The zero-order valence-electron chi connectivity index (χ0n) is 15.5. The Kier molecular flexibility index (Phi) is 7.21. The van der Waals surface area contributed by atoms with E-state index in [1.165, 1.54) is 0 Å². The number of benzene rings is 2. The highest BCUT2D eigenvalue weighted by Crippen LogP contribution is 2.18. The Morgan fingerprint density at radius 1 is 1.08 bits per heavy atom. The van der Waals surface area contributed by atoms with Gasteiger partial charge in [-0.1, -0.05) is 42.5 Å². The smallest absolute Gasteiger partial charge is 0.328 e. The van der Waals surface area contributed by atoms with Crippen LogP contribution < -0.4 is 10.1 Å². The molecule has 0 aliphatic heterocycles. The normalized spacial score (nSPS) is 11.5. The molecule has 1 amide bonds. The second-order valence-corrected chi connectivity index (χ2v) is 6.12. The van der Waals surface area contributed by atoms with E-state index in [4.69, 9.17) is 9.47 Å². The van der Waals surface area contributed by atoms with Gasteiger partial charge in [0, 0.05) is 6.42 Å². The molecule has 0 saturated carbocycles. The van der Waals surface area contributed by atoms with Crippen molar-refractivity contribution in [3.05, 3.63) is 65.2 Å². The Bertz CT molecular complexity index is 743. The van der Waals surface area contributed by atoms with E-state index in [9.17, 15) is 9.59 Å². The summed E-state index contributed by atoms with van der Waals surface area (Å²) in [5, 5.41) is 2.72. The second-order valence-electron chi connectivity index (χ2n) is 6.12. The quantitative estimate of drug-likeness (QED) is 0.740. The molecule has 0 radical (unpaired) electrons. The van der Waals surface area contributed by atoms with E-state index in [0.29, 0.717) is 12.2 Å². The zero-order valence-corrected chi connectivity index (χ0v) is 15.5. The molecular weight excluding hydrogens is 330 g/mol. The van der Waals surface area contributed by atoms with Crippen LogP contribution >= 0.6 is 0 Å². The van der Waals surface area contributed by atoms with Gasteiger partial charge in [0.2, 0.25) is 0 Å². The lowest BCUT2D eigenvalue weighted by atomic mass is 10.1. The number of amides is 1. The standard InChI is InChI=1S/C21H25NO4/c1-4-25-21(24)18(13-17-8-6-5-7-9-17)22-20(23)14-26-19-12-15(2)10-11-16(19)3/h5-12,18H,4,13-14H2,1-3H3,(H,22,23). The number of aryl methyl sites for hydroxylation is 2. The summed E-state index contributed by atoms with van der Waals surface area (Å²) >= 11 is 0. The molecule has 0 saturated heterocycles. The minimum absolute atomic E-state index is 0.158. The van der Waals surface area contributed by atoms with Crippen LogP contribution in [0.25, 0.3) is 0 Å². The summed E-state index contributed by atoms with van der Waals surface area (Å²) in [5.74, 6) is -0.146. The van der Waals surface area contributed by atoms with Gasteiger partial charge in [0.05, 0.1) is 6.61 Å². The molecule has 138 valence electrons. The van der Waals surface area contributed by atoms with Crippen molar-refractivity contribution in [2.75, 3.05) is 13.2 Å². The molecule has 2 rings (SSSR count). The van der Waals surface area contributed by atoms with Gasteiger partial charge in [0.15, 0.2) is 6.61 Å². The molecule has 0 bridgehead atoms. The number of hydrogen-bond acceptors (Lipinski definition) is 4. The molecule has 26 heavy (non-hydrogen) atoms. The maximum absolute atomic E-state index is 12.3. The summed E-state index contributed by atoms with van der Waals surface area (Å²) in [6.07, 6.45) is 0.370. The third-order valence-electron chi connectivity index (χ3n) is 3.89. The lowest BCUT2D eigenvalue weighted by Crippen LogP contribution is -2.45. The zero-order chi connectivity index (χ0) is 18.9. The highest BCUT2D eigenvalue weighted by Gasteiger charge is 2.22. The van der Waals surface area contributed by atoms with Crippen LogP contribution in [0.5, 0.6) is 5.75 Å². The van der Waals surface area contributed by atoms with Gasteiger partial charge in [-0.05, 0) is 43.5 Å². The van der Waals surface area contributed by atoms with Crippen LogP contribution in [0.1, 0.15) is 23.6 Å². The highest BCUT2D eigenvalue weighted by molar-refractivity contribution is 5.85. The number of ether oxygens (including phenoxy) is 2. The Morgan fingerprint density at radius 3 is 2.50 bits per heavy atom. The van der Waals surface area contributed by atoms with Crippen LogP contribution in [-0.2, 0) is 20.7 Å². The summed E-state index contributed by atoms with van der Waals surface area (Å²) < 4.78 is 10.7. The molecule has 0 aliphatic rings. The Morgan fingerprint density at radius 2 is 1.81 bits per heavy atom. The average Bonchev–Trinajstić information content (AvgIpc) is 2.63. The first-order valence-corrected chi connectivity index (χ1v) is 8.69. The van der Waals surface area contributed by atoms with Crippen molar-refractivity contribution in [2.45, 2.75) is 33.2 Å².